The number of amides is 2. The Bertz CT molecular complexity index is 367. The standard InChI is InChI=1S/C14H21NO4/c1-4-7-11(14(18)19-10(5-2)6-3)15-12(16)8-9-13(15)17/h8-11H,4-7H2,1-3H3. The first-order valence-corrected chi connectivity index (χ1v) is 6.80. The molecule has 0 spiro atoms. The molecule has 0 saturated heterocycles. The Morgan fingerprint density at radius 3 is 2.11 bits per heavy atom. The lowest BCUT2D eigenvalue weighted by molar-refractivity contribution is -0.162. The maximum absolute atomic E-state index is 12.1. The summed E-state index contributed by atoms with van der Waals surface area (Å²) in [4.78, 5) is 36.4. The van der Waals surface area contributed by atoms with Gasteiger partial charge in [-0.05, 0) is 19.3 Å². The number of ether oxygens (including phenoxy) is 1. The van der Waals surface area contributed by atoms with Crippen LogP contribution < -0.4 is 0 Å². The molecule has 2 amide bonds. The number of hydrogen-bond acceptors (Lipinski definition) is 4. The van der Waals surface area contributed by atoms with E-state index < -0.39 is 23.8 Å². The van der Waals surface area contributed by atoms with Crippen LogP contribution in [-0.2, 0) is 19.1 Å². The van der Waals surface area contributed by atoms with E-state index in [1.54, 1.807) is 0 Å². The Balaban J connectivity index is 2.79. The molecule has 0 bridgehead atoms. The quantitative estimate of drug-likeness (QED) is 0.521. The van der Waals surface area contributed by atoms with Gasteiger partial charge in [-0.2, -0.15) is 0 Å². The van der Waals surface area contributed by atoms with Crippen LogP contribution in [0.25, 0.3) is 0 Å². The minimum Gasteiger partial charge on any atom is -0.461 e. The first-order chi connectivity index (χ1) is 9.04. The number of carbonyl (C=O) groups excluding carboxylic acids is 3. The van der Waals surface area contributed by atoms with Gasteiger partial charge in [-0.25, -0.2) is 4.79 Å². The molecule has 0 aromatic rings. The van der Waals surface area contributed by atoms with Gasteiger partial charge < -0.3 is 4.74 Å². The highest BCUT2D eigenvalue weighted by molar-refractivity contribution is 6.14. The molecular formula is C14H21NO4. The average Bonchev–Trinajstić information content (AvgIpc) is 2.72. The van der Waals surface area contributed by atoms with Crippen molar-refractivity contribution in [2.24, 2.45) is 0 Å². The number of nitrogens with zero attached hydrogens (tertiary/aromatic N) is 1. The summed E-state index contributed by atoms with van der Waals surface area (Å²) in [5.41, 5.74) is 0. The predicted molar refractivity (Wildman–Crippen MR) is 70.2 cm³/mol. The fraction of sp³-hybridized carbons (Fsp3) is 0.643. The van der Waals surface area contributed by atoms with Crippen molar-refractivity contribution in [3.8, 4) is 0 Å². The minimum absolute atomic E-state index is 0.160. The third-order valence-electron chi connectivity index (χ3n) is 3.18. The molecule has 0 aliphatic carbocycles. The molecule has 1 aliphatic heterocycles. The molecule has 0 fully saturated rings. The monoisotopic (exact) mass is 267 g/mol. The van der Waals surface area contributed by atoms with Crippen LogP contribution in [0.1, 0.15) is 46.5 Å². The topological polar surface area (TPSA) is 63.7 Å². The van der Waals surface area contributed by atoms with Crippen LogP contribution in [0.5, 0.6) is 0 Å². The third-order valence-corrected chi connectivity index (χ3v) is 3.18. The second-order valence-corrected chi connectivity index (χ2v) is 4.56. The summed E-state index contributed by atoms with van der Waals surface area (Å²) in [7, 11) is 0. The smallest absolute Gasteiger partial charge is 0.329 e. The van der Waals surface area contributed by atoms with E-state index in [4.69, 9.17) is 4.74 Å². The second-order valence-electron chi connectivity index (χ2n) is 4.56. The Morgan fingerprint density at radius 2 is 1.68 bits per heavy atom. The summed E-state index contributed by atoms with van der Waals surface area (Å²) >= 11 is 0. The molecule has 106 valence electrons. The molecule has 1 heterocycles. The summed E-state index contributed by atoms with van der Waals surface area (Å²) in [6, 6.07) is -0.805. The first-order valence-electron chi connectivity index (χ1n) is 6.80. The number of rotatable bonds is 7. The number of hydrogen-bond donors (Lipinski definition) is 0. The van der Waals surface area contributed by atoms with Gasteiger partial charge in [0.25, 0.3) is 11.8 Å². The number of carbonyl (C=O) groups is 3. The molecule has 0 aromatic carbocycles. The maximum Gasteiger partial charge on any atom is 0.329 e. The minimum atomic E-state index is -0.805. The zero-order valence-electron chi connectivity index (χ0n) is 11.7. The molecule has 1 unspecified atom stereocenters. The van der Waals surface area contributed by atoms with Crippen molar-refractivity contribution in [2.45, 2.75) is 58.6 Å². The Morgan fingerprint density at radius 1 is 1.16 bits per heavy atom. The van der Waals surface area contributed by atoms with Gasteiger partial charge in [-0.3, -0.25) is 14.5 Å². The van der Waals surface area contributed by atoms with E-state index in [9.17, 15) is 14.4 Å². The molecular weight excluding hydrogens is 246 g/mol. The highest BCUT2D eigenvalue weighted by Crippen LogP contribution is 2.17. The lowest BCUT2D eigenvalue weighted by Crippen LogP contribution is -2.46. The Hall–Kier alpha value is -1.65. The van der Waals surface area contributed by atoms with E-state index >= 15 is 0 Å². The van der Waals surface area contributed by atoms with Crippen molar-refractivity contribution in [1.29, 1.82) is 0 Å². The van der Waals surface area contributed by atoms with Gasteiger partial charge in [0.2, 0.25) is 0 Å². The zero-order chi connectivity index (χ0) is 14.4. The van der Waals surface area contributed by atoms with Gasteiger partial charge in [0.05, 0.1) is 0 Å². The normalized spacial score (nSPS) is 16.3. The molecule has 19 heavy (non-hydrogen) atoms. The van der Waals surface area contributed by atoms with Crippen LogP contribution in [0.15, 0.2) is 12.2 Å². The summed E-state index contributed by atoms with van der Waals surface area (Å²) in [6.07, 6.45) is 4.79. The van der Waals surface area contributed by atoms with Gasteiger partial charge in [0.15, 0.2) is 0 Å². The van der Waals surface area contributed by atoms with Crippen molar-refractivity contribution in [1.82, 2.24) is 4.90 Å². The van der Waals surface area contributed by atoms with Crippen LogP contribution in [0.2, 0.25) is 0 Å². The summed E-state index contributed by atoms with van der Waals surface area (Å²) in [6.45, 7) is 5.77. The van der Waals surface area contributed by atoms with Gasteiger partial charge in [-0.1, -0.05) is 27.2 Å². The molecule has 0 saturated carbocycles. The molecule has 5 heteroatoms. The van der Waals surface area contributed by atoms with E-state index in [2.05, 4.69) is 0 Å². The van der Waals surface area contributed by atoms with Crippen LogP contribution in [0.3, 0.4) is 0 Å². The van der Waals surface area contributed by atoms with Crippen molar-refractivity contribution in [3.05, 3.63) is 12.2 Å². The van der Waals surface area contributed by atoms with Gasteiger partial charge in [-0.15, -0.1) is 0 Å². The summed E-state index contributed by atoms with van der Waals surface area (Å²) in [5, 5.41) is 0. The van der Waals surface area contributed by atoms with E-state index in [-0.39, 0.29) is 6.10 Å². The summed E-state index contributed by atoms with van der Waals surface area (Å²) in [5.74, 6) is -1.36. The molecule has 1 aliphatic rings. The van der Waals surface area contributed by atoms with Crippen LogP contribution in [-0.4, -0.2) is 34.8 Å². The fourth-order valence-electron chi connectivity index (χ4n) is 2.04. The number of esters is 1. The van der Waals surface area contributed by atoms with Crippen molar-refractivity contribution in [2.75, 3.05) is 0 Å². The second kappa shape index (κ2) is 7.07. The molecule has 5 nitrogen and oxygen atoms in total. The van der Waals surface area contributed by atoms with Crippen LogP contribution in [0, 0.1) is 0 Å². The molecule has 1 atom stereocenters. The van der Waals surface area contributed by atoms with Crippen molar-refractivity contribution in [3.63, 3.8) is 0 Å². The van der Waals surface area contributed by atoms with Crippen LogP contribution in [0.4, 0.5) is 0 Å². The molecule has 0 aromatic heterocycles. The molecule has 0 radical (unpaired) electrons. The third kappa shape index (κ3) is 3.66. The lowest BCUT2D eigenvalue weighted by Gasteiger charge is -2.26. The van der Waals surface area contributed by atoms with E-state index in [0.717, 1.165) is 17.7 Å². The van der Waals surface area contributed by atoms with E-state index in [1.165, 1.54) is 12.2 Å². The van der Waals surface area contributed by atoms with Gasteiger partial charge in [0.1, 0.15) is 12.1 Å². The number of imide groups is 1. The highest BCUT2D eigenvalue weighted by atomic mass is 16.5. The SMILES string of the molecule is CCCC(C(=O)OC(CC)CC)N1C(=O)C=CC1=O. The summed E-state index contributed by atoms with van der Waals surface area (Å²) < 4.78 is 5.36. The largest absolute Gasteiger partial charge is 0.461 e. The van der Waals surface area contributed by atoms with Gasteiger partial charge >= 0.3 is 5.97 Å². The van der Waals surface area contributed by atoms with Crippen molar-refractivity contribution < 1.29 is 19.1 Å². The molecule has 0 N–H and O–H groups in total. The Labute approximate surface area is 113 Å². The average molecular weight is 267 g/mol. The van der Waals surface area contributed by atoms with E-state index in [0.29, 0.717) is 12.8 Å². The first kappa shape index (κ1) is 15.4. The Kier molecular flexibility index (Phi) is 5.73. The van der Waals surface area contributed by atoms with Crippen LogP contribution >= 0.6 is 0 Å². The lowest BCUT2D eigenvalue weighted by atomic mass is 10.1. The molecule has 1 rings (SSSR count). The zero-order valence-corrected chi connectivity index (χ0v) is 11.7. The fourth-order valence-corrected chi connectivity index (χ4v) is 2.04. The predicted octanol–water partition coefficient (Wildman–Crippen LogP) is 1.81. The van der Waals surface area contributed by atoms with Crippen molar-refractivity contribution >= 4 is 17.8 Å². The van der Waals surface area contributed by atoms with Gasteiger partial charge in [0, 0.05) is 12.2 Å². The maximum atomic E-state index is 12.1. The highest BCUT2D eigenvalue weighted by Gasteiger charge is 2.36. The van der Waals surface area contributed by atoms with E-state index in [1.807, 2.05) is 20.8 Å².